The molecule has 1 amide bonds. The lowest BCUT2D eigenvalue weighted by Crippen LogP contribution is -2.35. The molecule has 0 aromatic carbocycles. The zero-order valence-electron chi connectivity index (χ0n) is 12.9. The predicted molar refractivity (Wildman–Crippen MR) is 84.4 cm³/mol. The molecule has 1 fully saturated rings. The van der Waals surface area contributed by atoms with Crippen LogP contribution < -0.4 is 10.6 Å². The van der Waals surface area contributed by atoms with E-state index in [2.05, 4.69) is 20.6 Å². The highest BCUT2D eigenvalue weighted by Crippen LogP contribution is 2.11. The number of carbonyl (C=O) groups excluding carboxylic acids is 1. The van der Waals surface area contributed by atoms with Crippen molar-refractivity contribution in [3.63, 3.8) is 0 Å². The van der Waals surface area contributed by atoms with E-state index in [0.717, 1.165) is 11.4 Å². The molecule has 8 heteroatoms. The van der Waals surface area contributed by atoms with Gasteiger partial charge in [-0.25, -0.2) is 18.4 Å². The maximum absolute atomic E-state index is 11.8. The molecule has 0 bridgehead atoms. The summed E-state index contributed by atoms with van der Waals surface area (Å²) in [6.07, 6.45) is 1.51. The fraction of sp³-hybridized carbons (Fsp3) is 0.643. The topological polar surface area (TPSA) is 101 Å². The molecule has 122 valence electrons. The number of nitrogens with zero attached hydrogens (tertiary/aromatic N) is 2. The number of hydrogen-bond acceptors (Lipinski definition) is 6. The third-order valence-electron chi connectivity index (χ3n) is 3.44. The van der Waals surface area contributed by atoms with Crippen LogP contribution in [0.3, 0.4) is 0 Å². The van der Waals surface area contributed by atoms with Crippen LogP contribution in [0.1, 0.15) is 30.7 Å². The summed E-state index contributed by atoms with van der Waals surface area (Å²) in [5.41, 5.74) is 1.80. The maximum atomic E-state index is 11.8. The number of amides is 1. The summed E-state index contributed by atoms with van der Waals surface area (Å²) < 4.78 is 22.6. The highest BCUT2D eigenvalue weighted by atomic mass is 32.2. The number of carbonyl (C=O) groups is 1. The smallest absolute Gasteiger partial charge is 0.223 e. The average Bonchev–Trinajstić information content (AvgIpc) is 2.73. The van der Waals surface area contributed by atoms with Gasteiger partial charge in [-0.1, -0.05) is 0 Å². The summed E-state index contributed by atoms with van der Waals surface area (Å²) in [4.78, 5) is 20.3. The molecule has 0 spiro atoms. The monoisotopic (exact) mass is 326 g/mol. The number of rotatable bonds is 6. The molecule has 1 aliphatic rings. The molecule has 1 aromatic rings. The summed E-state index contributed by atoms with van der Waals surface area (Å²) in [6.45, 7) is 4.41. The van der Waals surface area contributed by atoms with Crippen molar-refractivity contribution < 1.29 is 13.2 Å². The highest BCUT2D eigenvalue weighted by molar-refractivity contribution is 7.91. The number of aryl methyl sites for hydroxylation is 2. The normalized spacial score (nSPS) is 19.8. The summed E-state index contributed by atoms with van der Waals surface area (Å²) in [5.74, 6) is 0.696. The molecule has 0 aliphatic carbocycles. The predicted octanol–water partition coefficient (Wildman–Crippen LogP) is 0.589. The molecule has 2 N–H and O–H groups in total. The number of nitrogens with one attached hydrogen (secondary N) is 2. The minimum absolute atomic E-state index is 0.0629. The van der Waals surface area contributed by atoms with E-state index in [1.165, 1.54) is 0 Å². The van der Waals surface area contributed by atoms with Gasteiger partial charge in [0.15, 0.2) is 9.84 Å². The quantitative estimate of drug-likeness (QED) is 0.742. The molecule has 1 saturated heterocycles. The molecule has 0 unspecified atom stereocenters. The largest absolute Gasteiger partial charge is 0.354 e. The summed E-state index contributed by atoms with van der Waals surface area (Å²) in [6, 6.07) is 1.67. The van der Waals surface area contributed by atoms with E-state index in [1.54, 1.807) is 0 Å². The second-order valence-electron chi connectivity index (χ2n) is 5.67. The van der Waals surface area contributed by atoms with E-state index in [0.29, 0.717) is 31.8 Å². The maximum Gasteiger partial charge on any atom is 0.223 e. The molecular weight excluding hydrogens is 304 g/mol. The van der Waals surface area contributed by atoms with Crippen molar-refractivity contribution in [2.45, 2.75) is 39.2 Å². The standard InChI is InChI=1S/C14H22N4O3S/c1-10-8-11(2)17-14(16-10)15-6-3-4-13(19)18-12-5-7-22(20,21)9-12/h8,12H,3-7,9H2,1-2H3,(H,18,19)(H,15,16,17)/t12-/m1/s1. The van der Waals surface area contributed by atoms with Crippen molar-refractivity contribution in [2.75, 3.05) is 23.4 Å². The van der Waals surface area contributed by atoms with Crippen LogP contribution in [-0.4, -0.2) is 48.4 Å². The van der Waals surface area contributed by atoms with Gasteiger partial charge in [-0.15, -0.1) is 0 Å². The van der Waals surface area contributed by atoms with Gasteiger partial charge in [0, 0.05) is 30.4 Å². The minimum Gasteiger partial charge on any atom is -0.354 e. The molecule has 2 rings (SSSR count). The third kappa shape index (κ3) is 5.25. The van der Waals surface area contributed by atoms with E-state index in [4.69, 9.17) is 0 Å². The fourth-order valence-electron chi connectivity index (χ4n) is 2.46. The SMILES string of the molecule is Cc1cc(C)nc(NCCCC(=O)N[C@@H]2CCS(=O)(=O)C2)n1. The lowest BCUT2D eigenvalue weighted by atomic mass is 10.2. The first kappa shape index (κ1) is 16.7. The van der Waals surface area contributed by atoms with Gasteiger partial charge in [0.05, 0.1) is 11.5 Å². The molecule has 0 saturated carbocycles. The van der Waals surface area contributed by atoms with Crippen molar-refractivity contribution in [2.24, 2.45) is 0 Å². The zero-order chi connectivity index (χ0) is 16.2. The Morgan fingerprint density at radius 3 is 2.59 bits per heavy atom. The van der Waals surface area contributed by atoms with Crippen LogP contribution in [0.25, 0.3) is 0 Å². The van der Waals surface area contributed by atoms with Gasteiger partial charge in [0.25, 0.3) is 0 Å². The first-order chi connectivity index (χ1) is 10.3. The number of hydrogen-bond donors (Lipinski definition) is 2. The van der Waals surface area contributed by atoms with Crippen LogP contribution in [0.2, 0.25) is 0 Å². The first-order valence-electron chi connectivity index (χ1n) is 7.40. The van der Waals surface area contributed by atoms with E-state index >= 15 is 0 Å². The van der Waals surface area contributed by atoms with Gasteiger partial charge in [-0.3, -0.25) is 4.79 Å². The molecule has 22 heavy (non-hydrogen) atoms. The van der Waals surface area contributed by atoms with Crippen LogP contribution in [0.15, 0.2) is 6.07 Å². The molecule has 1 atom stereocenters. The summed E-state index contributed by atoms with van der Waals surface area (Å²) in [7, 11) is -2.95. The van der Waals surface area contributed by atoms with E-state index in [-0.39, 0.29) is 23.5 Å². The molecule has 1 aromatic heterocycles. The molecule has 1 aliphatic heterocycles. The van der Waals surface area contributed by atoms with Gasteiger partial charge in [0.2, 0.25) is 11.9 Å². The fourth-order valence-corrected chi connectivity index (χ4v) is 4.14. The Balaban J connectivity index is 1.67. The molecular formula is C14H22N4O3S. The molecule has 2 heterocycles. The second-order valence-corrected chi connectivity index (χ2v) is 7.90. The van der Waals surface area contributed by atoms with Crippen molar-refractivity contribution in [1.29, 1.82) is 0 Å². The Bertz CT molecular complexity index is 625. The molecule has 7 nitrogen and oxygen atoms in total. The number of aromatic nitrogens is 2. The number of anilines is 1. The van der Waals surface area contributed by atoms with Crippen LogP contribution >= 0.6 is 0 Å². The molecule has 0 radical (unpaired) electrons. The van der Waals surface area contributed by atoms with Gasteiger partial charge < -0.3 is 10.6 Å². The average molecular weight is 326 g/mol. The Labute approximate surface area is 130 Å². The second kappa shape index (κ2) is 7.04. The van der Waals surface area contributed by atoms with Crippen molar-refractivity contribution in [3.05, 3.63) is 17.5 Å². The van der Waals surface area contributed by atoms with Crippen LogP contribution in [0, 0.1) is 13.8 Å². The Morgan fingerprint density at radius 2 is 2.00 bits per heavy atom. The lowest BCUT2D eigenvalue weighted by Gasteiger charge is -2.11. The summed E-state index contributed by atoms with van der Waals surface area (Å²) in [5, 5.41) is 5.86. The van der Waals surface area contributed by atoms with E-state index < -0.39 is 9.84 Å². The highest BCUT2D eigenvalue weighted by Gasteiger charge is 2.28. The Kier molecular flexibility index (Phi) is 5.33. The van der Waals surface area contributed by atoms with Gasteiger partial charge in [0.1, 0.15) is 0 Å². The van der Waals surface area contributed by atoms with Gasteiger partial charge in [-0.05, 0) is 32.8 Å². The van der Waals surface area contributed by atoms with Crippen LogP contribution in [-0.2, 0) is 14.6 Å². The third-order valence-corrected chi connectivity index (χ3v) is 5.21. The number of sulfone groups is 1. The van der Waals surface area contributed by atoms with Crippen molar-refractivity contribution >= 4 is 21.7 Å². The zero-order valence-corrected chi connectivity index (χ0v) is 13.7. The Hall–Kier alpha value is -1.70. The van der Waals surface area contributed by atoms with Crippen molar-refractivity contribution in [3.8, 4) is 0 Å². The first-order valence-corrected chi connectivity index (χ1v) is 9.22. The van der Waals surface area contributed by atoms with Crippen molar-refractivity contribution in [1.82, 2.24) is 15.3 Å². The van der Waals surface area contributed by atoms with Crippen LogP contribution in [0.4, 0.5) is 5.95 Å². The van der Waals surface area contributed by atoms with Gasteiger partial charge in [-0.2, -0.15) is 0 Å². The minimum atomic E-state index is -2.95. The van der Waals surface area contributed by atoms with Gasteiger partial charge >= 0.3 is 0 Å². The lowest BCUT2D eigenvalue weighted by molar-refractivity contribution is -0.121. The Morgan fingerprint density at radius 1 is 1.32 bits per heavy atom. The van der Waals surface area contributed by atoms with E-state index in [9.17, 15) is 13.2 Å². The van der Waals surface area contributed by atoms with Crippen LogP contribution in [0.5, 0.6) is 0 Å². The van der Waals surface area contributed by atoms with E-state index in [1.807, 2.05) is 19.9 Å². The summed E-state index contributed by atoms with van der Waals surface area (Å²) >= 11 is 0.